The second-order valence-corrected chi connectivity index (χ2v) is 12.8. The molecule has 0 aliphatic rings. The standard InChI is InChI=1S/C44H50N2O6/c1-3-14-38(30-42(48)46(26-27-47)31-36-18-10-6-11-19-36)43(49)45-40(33-52-44(50)39(15-4-2)28-34-16-8-5-9-17-34)29-35-22-24-41(25-23-35)51-32-37-20-12-7-13-21-37/h3-13,16-25,38-40,47H,1-2,14-15,26-33H2,(H,45,49). The third-order valence-electron chi connectivity index (χ3n) is 8.72. The van der Waals surface area contributed by atoms with Gasteiger partial charge in [0.1, 0.15) is 19.0 Å². The smallest absolute Gasteiger partial charge is 0.309 e. The van der Waals surface area contributed by atoms with Crippen LogP contribution in [0.15, 0.2) is 141 Å². The fourth-order valence-corrected chi connectivity index (χ4v) is 5.92. The quantitative estimate of drug-likeness (QED) is 0.0684. The lowest BCUT2D eigenvalue weighted by Gasteiger charge is -2.26. The Morgan fingerprint density at radius 2 is 1.27 bits per heavy atom. The highest BCUT2D eigenvalue weighted by Crippen LogP contribution is 2.19. The summed E-state index contributed by atoms with van der Waals surface area (Å²) in [5.74, 6) is -1.38. The van der Waals surface area contributed by atoms with E-state index in [2.05, 4.69) is 18.5 Å². The van der Waals surface area contributed by atoms with Gasteiger partial charge in [0.15, 0.2) is 0 Å². The van der Waals surface area contributed by atoms with E-state index in [9.17, 15) is 19.5 Å². The highest BCUT2D eigenvalue weighted by atomic mass is 16.5. The Morgan fingerprint density at radius 1 is 0.712 bits per heavy atom. The van der Waals surface area contributed by atoms with E-state index in [-0.39, 0.29) is 50.4 Å². The summed E-state index contributed by atoms with van der Waals surface area (Å²) in [6, 6.07) is 36.2. The monoisotopic (exact) mass is 702 g/mol. The van der Waals surface area contributed by atoms with E-state index in [0.717, 1.165) is 22.3 Å². The molecule has 0 fully saturated rings. The van der Waals surface area contributed by atoms with E-state index < -0.39 is 17.9 Å². The minimum atomic E-state index is -0.708. The second-order valence-electron chi connectivity index (χ2n) is 12.8. The van der Waals surface area contributed by atoms with Gasteiger partial charge in [-0.1, -0.05) is 115 Å². The Bertz CT molecular complexity index is 1680. The highest BCUT2D eigenvalue weighted by molar-refractivity contribution is 5.86. The minimum absolute atomic E-state index is 0.0569. The number of carbonyl (C=O) groups excluding carboxylic acids is 3. The molecule has 4 rings (SSSR count). The van der Waals surface area contributed by atoms with Crippen LogP contribution in [0.5, 0.6) is 5.75 Å². The minimum Gasteiger partial charge on any atom is -0.489 e. The molecule has 3 atom stereocenters. The molecule has 4 aromatic carbocycles. The summed E-state index contributed by atoms with van der Waals surface area (Å²) in [5.41, 5.74) is 3.92. The lowest BCUT2D eigenvalue weighted by Crippen LogP contribution is -2.45. The molecule has 4 aromatic rings. The molecule has 0 heterocycles. The lowest BCUT2D eigenvalue weighted by atomic mass is 9.96. The fraction of sp³-hybridized carbons (Fsp3) is 0.295. The van der Waals surface area contributed by atoms with E-state index >= 15 is 0 Å². The Balaban J connectivity index is 1.46. The average Bonchev–Trinajstić information content (AvgIpc) is 3.17. The summed E-state index contributed by atoms with van der Waals surface area (Å²) in [7, 11) is 0. The van der Waals surface area contributed by atoms with Crippen LogP contribution in [0.3, 0.4) is 0 Å². The molecule has 0 aromatic heterocycles. The van der Waals surface area contributed by atoms with Crippen molar-refractivity contribution in [2.45, 2.75) is 51.3 Å². The zero-order chi connectivity index (χ0) is 37.0. The summed E-state index contributed by atoms with van der Waals surface area (Å²) in [6.45, 7) is 8.31. The zero-order valence-electron chi connectivity index (χ0n) is 29.8. The Labute approximate surface area is 307 Å². The summed E-state index contributed by atoms with van der Waals surface area (Å²) in [5, 5.41) is 12.8. The molecule has 0 saturated carbocycles. The highest BCUT2D eigenvalue weighted by Gasteiger charge is 2.27. The molecule has 3 unspecified atom stereocenters. The van der Waals surface area contributed by atoms with Crippen LogP contribution in [-0.2, 0) is 45.1 Å². The summed E-state index contributed by atoms with van der Waals surface area (Å²) < 4.78 is 11.8. The van der Waals surface area contributed by atoms with Gasteiger partial charge in [-0.25, -0.2) is 0 Å². The maximum Gasteiger partial charge on any atom is 0.309 e. The van der Waals surface area contributed by atoms with E-state index in [4.69, 9.17) is 9.47 Å². The maximum absolute atomic E-state index is 13.9. The van der Waals surface area contributed by atoms with Gasteiger partial charge in [-0.05, 0) is 60.1 Å². The van der Waals surface area contributed by atoms with Crippen LogP contribution in [0, 0.1) is 11.8 Å². The first-order valence-electron chi connectivity index (χ1n) is 17.8. The van der Waals surface area contributed by atoms with Crippen molar-refractivity contribution in [3.63, 3.8) is 0 Å². The number of amides is 2. The van der Waals surface area contributed by atoms with Crippen molar-refractivity contribution in [2.75, 3.05) is 19.8 Å². The molecule has 0 spiro atoms. The number of nitrogens with zero attached hydrogens (tertiary/aromatic N) is 1. The normalized spacial score (nSPS) is 12.5. The number of allylic oxidation sites excluding steroid dienone is 2. The third kappa shape index (κ3) is 13.3. The third-order valence-corrected chi connectivity index (χ3v) is 8.72. The molecule has 0 bridgehead atoms. The van der Waals surface area contributed by atoms with Gasteiger partial charge in [-0.2, -0.15) is 0 Å². The SMILES string of the molecule is C=CCC(CC(=O)N(CCO)Cc1ccccc1)C(=O)NC(COC(=O)C(CC=C)Cc1ccccc1)Cc1ccc(OCc2ccccc2)cc1. The van der Waals surface area contributed by atoms with Crippen molar-refractivity contribution in [2.24, 2.45) is 11.8 Å². The molecule has 0 radical (unpaired) electrons. The van der Waals surface area contributed by atoms with Crippen molar-refractivity contribution in [3.8, 4) is 5.75 Å². The maximum atomic E-state index is 13.9. The summed E-state index contributed by atoms with van der Waals surface area (Å²) in [4.78, 5) is 42.3. The van der Waals surface area contributed by atoms with Crippen LogP contribution >= 0.6 is 0 Å². The van der Waals surface area contributed by atoms with Crippen LogP contribution in [0.4, 0.5) is 0 Å². The van der Waals surface area contributed by atoms with Crippen molar-refractivity contribution < 1.29 is 29.0 Å². The van der Waals surface area contributed by atoms with Crippen LogP contribution < -0.4 is 10.1 Å². The van der Waals surface area contributed by atoms with Gasteiger partial charge in [-0.15, -0.1) is 13.2 Å². The average molecular weight is 703 g/mol. The first kappa shape index (κ1) is 39.3. The van der Waals surface area contributed by atoms with E-state index in [0.29, 0.717) is 38.2 Å². The van der Waals surface area contributed by atoms with Crippen molar-refractivity contribution in [1.82, 2.24) is 10.2 Å². The molecule has 0 aliphatic carbocycles. The van der Waals surface area contributed by atoms with Gasteiger partial charge >= 0.3 is 5.97 Å². The summed E-state index contributed by atoms with van der Waals surface area (Å²) in [6.07, 6.45) is 4.87. The number of nitrogens with one attached hydrogen (secondary N) is 1. The molecular weight excluding hydrogens is 652 g/mol. The molecule has 0 saturated heterocycles. The number of ether oxygens (including phenoxy) is 2. The topological polar surface area (TPSA) is 105 Å². The molecule has 272 valence electrons. The number of carbonyl (C=O) groups is 3. The Morgan fingerprint density at radius 3 is 1.87 bits per heavy atom. The fourth-order valence-electron chi connectivity index (χ4n) is 5.92. The zero-order valence-corrected chi connectivity index (χ0v) is 29.8. The number of aliphatic hydroxyl groups is 1. The van der Waals surface area contributed by atoms with Crippen LogP contribution in [0.2, 0.25) is 0 Å². The molecule has 8 heteroatoms. The molecule has 8 nitrogen and oxygen atoms in total. The molecule has 0 aliphatic heterocycles. The lowest BCUT2D eigenvalue weighted by molar-refractivity contribution is -0.149. The largest absolute Gasteiger partial charge is 0.489 e. The first-order chi connectivity index (χ1) is 25.4. The van der Waals surface area contributed by atoms with Crippen LogP contribution in [0.25, 0.3) is 0 Å². The molecule has 52 heavy (non-hydrogen) atoms. The Kier molecular flexibility index (Phi) is 16.4. The van der Waals surface area contributed by atoms with E-state index in [1.165, 1.54) is 0 Å². The van der Waals surface area contributed by atoms with Gasteiger partial charge < -0.3 is 24.8 Å². The van der Waals surface area contributed by atoms with Gasteiger partial charge in [0, 0.05) is 19.5 Å². The van der Waals surface area contributed by atoms with Gasteiger partial charge in [0.05, 0.1) is 24.5 Å². The van der Waals surface area contributed by atoms with Crippen LogP contribution in [-0.4, -0.2) is 53.6 Å². The van der Waals surface area contributed by atoms with Crippen molar-refractivity contribution in [1.29, 1.82) is 0 Å². The first-order valence-corrected chi connectivity index (χ1v) is 17.8. The number of benzene rings is 4. The number of hydrogen-bond donors (Lipinski definition) is 2. The van der Waals surface area contributed by atoms with Gasteiger partial charge in [0.25, 0.3) is 0 Å². The number of rotatable bonds is 22. The van der Waals surface area contributed by atoms with Gasteiger partial charge in [0.2, 0.25) is 11.8 Å². The number of hydrogen-bond acceptors (Lipinski definition) is 6. The predicted octanol–water partition coefficient (Wildman–Crippen LogP) is 6.87. The van der Waals surface area contributed by atoms with Crippen LogP contribution in [0.1, 0.15) is 41.5 Å². The van der Waals surface area contributed by atoms with Gasteiger partial charge in [-0.3, -0.25) is 14.4 Å². The van der Waals surface area contributed by atoms with E-state index in [1.54, 1.807) is 17.1 Å². The Hall–Kier alpha value is -5.47. The summed E-state index contributed by atoms with van der Waals surface area (Å²) >= 11 is 0. The predicted molar refractivity (Wildman–Crippen MR) is 204 cm³/mol. The van der Waals surface area contributed by atoms with Crippen molar-refractivity contribution in [3.05, 3.63) is 163 Å². The van der Waals surface area contributed by atoms with E-state index in [1.807, 2.05) is 115 Å². The molecule has 2 N–H and O–H groups in total. The molecular formula is C44H50N2O6. The second kappa shape index (κ2) is 21.7. The molecule has 2 amide bonds. The number of esters is 1. The number of aliphatic hydroxyl groups excluding tert-OH is 1. The van der Waals surface area contributed by atoms with Crippen molar-refractivity contribution >= 4 is 17.8 Å².